The van der Waals surface area contributed by atoms with Gasteiger partial charge >= 0.3 is 12.1 Å². The van der Waals surface area contributed by atoms with Crippen LogP contribution in [0.4, 0.5) is 13.2 Å². The SMILES string of the molecule is Cc1nc([C@@H]2C[C@@H]3CCN(Cc4scnc4C)C[C@H]3O2)n[nH]1.O=C(O)C(F)(F)F. The largest absolute Gasteiger partial charge is 0.490 e. The summed E-state index contributed by atoms with van der Waals surface area (Å²) < 4.78 is 38.0. The number of H-pyrrole nitrogens is 1. The minimum absolute atomic E-state index is 0.0602. The minimum atomic E-state index is -5.08. The lowest BCUT2D eigenvalue weighted by molar-refractivity contribution is -0.192. The molecule has 2 aliphatic rings. The molecule has 0 radical (unpaired) electrons. The summed E-state index contributed by atoms with van der Waals surface area (Å²) in [5.41, 5.74) is 3.10. The Balaban J connectivity index is 0.000000298. The summed E-state index contributed by atoms with van der Waals surface area (Å²) in [4.78, 5) is 21.5. The molecule has 0 aromatic carbocycles. The lowest BCUT2D eigenvalue weighted by Gasteiger charge is -2.33. The summed E-state index contributed by atoms with van der Waals surface area (Å²) in [6.07, 6.45) is -2.46. The van der Waals surface area contributed by atoms with Crippen LogP contribution in [0.15, 0.2) is 5.51 Å². The van der Waals surface area contributed by atoms with Crippen LogP contribution in [-0.2, 0) is 16.1 Å². The van der Waals surface area contributed by atoms with Crippen LogP contribution in [0.5, 0.6) is 0 Å². The van der Waals surface area contributed by atoms with E-state index < -0.39 is 12.1 Å². The van der Waals surface area contributed by atoms with Crippen molar-refractivity contribution in [2.24, 2.45) is 5.92 Å². The maximum atomic E-state index is 10.6. The molecule has 8 nitrogen and oxygen atoms in total. The molecule has 12 heteroatoms. The van der Waals surface area contributed by atoms with E-state index >= 15 is 0 Å². The number of halogens is 3. The Kier molecular flexibility index (Phi) is 6.54. The first-order chi connectivity index (χ1) is 13.6. The van der Waals surface area contributed by atoms with Crippen molar-refractivity contribution in [3.63, 3.8) is 0 Å². The van der Waals surface area contributed by atoms with Gasteiger partial charge in [0.05, 0.1) is 17.3 Å². The number of nitrogens with one attached hydrogen (secondary N) is 1. The normalized spacial score (nSPS) is 24.7. The van der Waals surface area contributed by atoms with Crippen LogP contribution in [0.3, 0.4) is 0 Å². The van der Waals surface area contributed by atoms with E-state index in [4.69, 9.17) is 14.6 Å². The average Bonchev–Trinajstić information content (AvgIpc) is 3.35. The van der Waals surface area contributed by atoms with Crippen molar-refractivity contribution in [3.8, 4) is 0 Å². The van der Waals surface area contributed by atoms with Gasteiger partial charge in [-0.2, -0.15) is 18.3 Å². The zero-order valence-corrected chi connectivity index (χ0v) is 16.8. The topological polar surface area (TPSA) is 104 Å². The number of thiazole rings is 1. The second-order valence-electron chi connectivity index (χ2n) is 7.13. The van der Waals surface area contributed by atoms with Gasteiger partial charge in [-0.25, -0.2) is 14.8 Å². The Hall–Kier alpha value is -2.05. The molecule has 2 aromatic heterocycles. The third kappa shape index (κ3) is 5.52. The van der Waals surface area contributed by atoms with Crippen molar-refractivity contribution in [2.45, 2.75) is 51.6 Å². The molecule has 3 atom stereocenters. The van der Waals surface area contributed by atoms with E-state index in [0.717, 1.165) is 43.4 Å². The van der Waals surface area contributed by atoms with Crippen molar-refractivity contribution in [1.29, 1.82) is 0 Å². The van der Waals surface area contributed by atoms with Crippen molar-refractivity contribution >= 4 is 17.3 Å². The molecule has 0 unspecified atom stereocenters. The Labute approximate surface area is 169 Å². The summed E-state index contributed by atoms with van der Waals surface area (Å²) in [6, 6.07) is 0. The molecule has 29 heavy (non-hydrogen) atoms. The number of nitrogens with zero attached hydrogens (tertiary/aromatic N) is 4. The third-order valence-electron chi connectivity index (χ3n) is 4.99. The van der Waals surface area contributed by atoms with Gasteiger partial charge in [0.2, 0.25) is 0 Å². The number of hydrogen-bond donors (Lipinski definition) is 2. The fraction of sp³-hybridized carbons (Fsp3) is 0.647. The van der Waals surface area contributed by atoms with Gasteiger partial charge in [0.15, 0.2) is 5.82 Å². The smallest absolute Gasteiger partial charge is 0.475 e. The van der Waals surface area contributed by atoms with Gasteiger partial charge in [0.1, 0.15) is 11.9 Å². The predicted molar refractivity (Wildman–Crippen MR) is 97.3 cm³/mol. The highest BCUT2D eigenvalue weighted by Crippen LogP contribution is 2.40. The number of carbonyl (C=O) groups is 1. The molecule has 0 spiro atoms. The van der Waals surface area contributed by atoms with Crippen molar-refractivity contribution in [2.75, 3.05) is 13.1 Å². The van der Waals surface area contributed by atoms with Crippen molar-refractivity contribution in [1.82, 2.24) is 25.1 Å². The summed E-state index contributed by atoms with van der Waals surface area (Å²) in [5.74, 6) is -0.442. The van der Waals surface area contributed by atoms with E-state index in [1.807, 2.05) is 12.4 Å². The summed E-state index contributed by atoms with van der Waals surface area (Å²) in [5, 5.41) is 14.3. The summed E-state index contributed by atoms with van der Waals surface area (Å²) >= 11 is 1.75. The van der Waals surface area contributed by atoms with Gasteiger partial charge in [-0.1, -0.05) is 0 Å². The molecule has 0 bridgehead atoms. The molecular formula is C17H22F3N5O3S. The molecule has 0 saturated carbocycles. The van der Waals surface area contributed by atoms with Gasteiger partial charge < -0.3 is 9.84 Å². The van der Waals surface area contributed by atoms with Crippen molar-refractivity contribution < 1.29 is 27.8 Å². The number of aryl methyl sites for hydroxylation is 2. The molecule has 160 valence electrons. The lowest BCUT2D eigenvalue weighted by Crippen LogP contribution is -2.41. The number of carboxylic acids is 1. The van der Waals surface area contributed by atoms with Gasteiger partial charge in [0, 0.05) is 18.0 Å². The summed E-state index contributed by atoms with van der Waals surface area (Å²) in [7, 11) is 0. The molecular weight excluding hydrogens is 411 g/mol. The highest BCUT2D eigenvalue weighted by Gasteiger charge is 2.41. The van der Waals surface area contributed by atoms with Gasteiger partial charge in [0.25, 0.3) is 0 Å². The minimum Gasteiger partial charge on any atom is -0.475 e. The fourth-order valence-electron chi connectivity index (χ4n) is 3.49. The molecule has 2 aliphatic heterocycles. The van der Waals surface area contributed by atoms with Crippen LogP contribution in [0.2, 0.25) is 0 Å². The first-order valence-corrected chi connectivity index (χ1v) is 9.97. The monoisotopic (exact) mass is 433 g/mol. The Morgan fingerprint density at radius 3 is 2.72 bits per heavy atom. The highest BCUT2D eigenvalue weighted by molar-refractivity contribution is 7.09. The van der Waals surface area contributed by atoms with E-state index in [2.05, 4.69) is 32.0 Å². The Morgan fingerprint density at radius 1 is 1.45 bits per heavy atom. The number of alkyl halides is 3. The zero-order chi connectivity index (χ0) is 21.2. The number of rotatable bonds is 3. The fourth-order valence-corrected chi connectivity index (χ4v) is 4.31. The van der Waals surface area contributed by atoms with E-state index in [9.17, 15) is 13.2 Å². The number of piperidine rings is 1. The van der Waals surface area contributed by atoms with Gasteiger partial charge in [-0.3, -0.25) is 10.00 Å². The standard InChI is InChI=1S/C15H21N5OS.C2HF3O2/c1-9-14(22-8-16-9)7-20-4-3-11-5-12(21-13(11)6-20)15-17-10(2)18-19-15;3-2(4,5)1(6)7/h8,11-13H,3-7H2,1-2H3,(H,17,18,19);(H,6,7)/t11-,12-,13+;/m0./s1. The number of fused-ring (bicyclic) bond motifs is 1. The number of ether oxygens (including phenoxy) is 1. The second kappa shape index (κ2) is 8.76. The second-order valence-corrected chi connectivity index (χ2v) is 8.06. The quantitative estimate of drug-likeness (QED) is 0.767. The van der Waals surface area contributed by atoms with E-state index in [-0.39, 0.29) is 6.10 Å². The number of aromatic nitrogens is 4. The molecule has 2 N–H and O–H groups in total. The Morgan fingerprint density at radius 2 is 2.17 bits per heavy atom. The maximum absolute atomic E-state index is 10.6. The first-order valence-electron chi connectivity index (χ1n) is 9.09. The number of aromatic amines is 1. The van der Waals surface area contributed by atoms with Crippen LogP contribution in [0.1, 0.15) is 41.2 Å². The first kappa shape index (κ1) is 21.7. The summed E-state index contributed by atoms with van der Waals surface area (Å²) in [6.45, 7) is 7.15. The predicted octanol–water partition coefficient (Wildman–Crippen LogP) is 2.86. The highest BCUT2D eigenvalue weighted by atomic mass is 32.1. The molecule has 2 saturated heterocycles. The van der Waals surface area contributed by atoms with Crippen LogP contribution >= 0.6 is 11.3 Å². The number of likely N-dealkylation sites (tertiary alicyclic amines) is 1. The van der Waals surface area contributed by atoms with Crippen LogP contribution in [0, 0.1) is 19.8 Å². The van der Waals surface area contributed by atoms with Crippen LogP contribution in [0.25, 0.3) is 0 Å². The van der Waals surface area contributed by atoms with E-state index in [0.29, 0.717) is 12.0 Å². The lowest BCUT2D eigenvalue weighted by atomic mass is 9.91. The third-order valence-corrected chi connectivity index (χ3v) is 5.91. The van der Waals surface area contributed by atoms with E-state index in [1.165, 1.54) is 11.3 Å². The number of hydrogen-bond acceptors (Lipinski definition) is 7. The van der Waals surface area contributed by atoms with E-state index in [1.54, 1.807) is 11.3 Å². The van der Waals surface area contributed by atoms with Crippen molar-refractivity contribution in [3.05, 3.63) is 27.7 Å². The van der Waals surface area contributed by atoms with Gasteiger partial charge in [-0.15, -0.1) is 11.3 Å². The van der Waals surface area contributed by atoms with Gasteiger partial charge in [-0.05, 0) is 39.2 Å². The molecule has 0 aliphatic carbocycles. The van der Waals surface area contributed by atoms with Crippen LogP contribution in [-0.4, -0.2) is 61.5 Å². The molecule has 4 rings (SSSR count). The van der Waals surface area contributed by atoms with Crippen LogP contribution < -0.4 is 0 Å². The molecule has 4 heterocycles. The molecule has 2 fully saturated rings. The number of carboxylic acid groups (broad SMARTS) is 1. The Bertz CT molecular complexity index is 840. The molecule has 0 amide bonds. The number of aliphatic carboxylic acids is 1. The zero-order valence-electron chi connectivity index (χ0n) is 15.9. The molecule has 2 aromatic rings. The average molecular weight is 433 g/mol. The maximum Gasteiger partial charge on any atom is 0.490 e.